The van der Waals surface area contributed by atoms with Crippen LogP contribution < -0.4 is 19.9 Å². The molecule has 158 valence electrons. The van der Waals surface area contributed by atoms with Crippen LogP contribution in [0.4, 0.5) is 5.69 Å². The fourth-order valence-electron chi connectivity index (χ4n) is 4.01. The largest absolute Gasteiger partial charge is 0.495 e. The monoisotopic (exact) mass is 416 g/mol. The van der Waals surface area contributed by atoms with Crippen LogP contribution in [0.2, 0.25) is 0 Å². The Morgan fingerprint density at radius 3 is 2.45 bits per heavy atom. The number of nitrogens with zero attached hydrogens (tertiary/aromatic N) is 1. The van der Waals surface area contributed by atoms with Crippen LogP contribution in [0.15, 0.2) is 41.8 Å². The van der Waals surface area contributed by atoms with Crippen LogP contribution >= 0.6 is 11.3 Å². The number of quaternary nitrogens is 1. The summed E-state index contributed by atoms with van der Waals surface area (Å²) in [5, 5.41) is 5.41. The van der Waals surface area contributed by atoms with E-state index >= 15 is 0 Å². The van der Waals surface area contributed by atoms with Gasteiger partial charge < -0.3 is 19.9 Å². The standard InChI is InChI=1S/C23H33N3O2S/c1-17(24-22(27)23(2,3)4)21(20-11-8-16-29-20)26-14-12-25(13-15-26)18-9-6-7-10-19(18)28-5/h6-11,16-17,21H,12-15H2,1-5H3,(H,24,27)/p+1/t17-,21+/m0/s1. The van der Waals surface area contributed by atoms with E-state index in [4.69, 9.17) is 4.74 Å². The molecule has 2 heterocycles. The zero-order valence-corrected chi connectivity index (χ0v) is 19.0. The second kappa shape index (κ2) is 9.18. The van der Waals surface area contributed by atoms with Gasteiger partial charge in [0.25, 0.3) is 0 Å². The predicted molar refractivity (Wildman–Crippen MR) is 120 cm³/mol. The SMILES string of the molecule is COc1ccccc1N1CC[NH+]([C@@H](c2cccs2)[C@H](C)NC(=O)C(C)(C)C)CC1. The second-order valence-corrected chi connectivity index (χ2v) is 9.80. The molecule has 1 fully saturated rings. The molecule has 0 bridgehead atoms. The second-order valence-electron chi connectivity index (χ2n) is 8.82. The maximum Gasteiger partial charge on any atom is 0.225 e. The van der Waals surface area contributed by atoms with Crippen LogP contribution in [-0.4, -0.2) is 45.2 Å². The predicted octanol–water partition coefficient (Wildman–Crippen LogP) is 2.75. The third-order valence-corrected chi connectivity index (χ3v) is 6.62. The molecule has 6 heteroatoms. The average molecular weight is 417 g/mol. The van der Waals surface area contributed by atoms with E-state index < -0.39 is 0 Å². The summed E-state index contributed by atoms with van der Waals surface area (Å²) >= 11 is 1.79. The first kappa shape index (κ1) is 21.7. The van der Waals surface area contributed by atoms with E-state index in [1.807, 2.05) is 32.9 Å². The summed E-state index contributed by atoms with van der Waals surface area (Å²) in [4.78, 5) is 17.9. The first-order chi connectivity index (χ1) is 13.8. The van der Waals surface area contributed by atoms with Gasteiger partial charge in [0.05, 0.1) is 49.9 Å². The van der Waals surface area contributed by atoms with E-state index in [2.05, 4.69) is 46.8 Å². The smallest absolute Gasteiger partial charge is 0.225 e. The van der Waals surface area contributed by atoms with Gasteiger partial charge in [0, 0.05) is 5.41 Å². The van der Waals surface area contributed by atoms with Crippen molar-refractivity contribution in [2.75, 3.05) is 38.2 Å². The molecule has 1 saturated heterocycles. The number of carbonyl (C=O) groups is 1. The topological polar surface area (TPSA) is 46.0 Å². The summed E-state index contributed by atoms with van der Waals surface area (Å²) in [6.07, 6.45) is 0. The number of hydrogen-bond donors (Lipinski definition) is 2. The van der Waals surface area contributed by atoms with E-state index in [1.54, 1.807) is 18.4 Å². The van der Waals surface area contributed by atoms with Gasteiger partial charge in [0.15, 0.2) is 0 Å². The molecule has 0 aliphatic carbocycles. The van der Waals surface area contributed by atoms with Gasteiger partial charge in [-0.3, -0.25) is 4.79 Å². The summed E-state index contributed by atoms with van der Waals surface area (Å²) in [6.45, 7) is 12.0. The van der Waals surface area contributed by atoms with Gasteiger partial charge in [-0.15, -0.1) is 11.3 Å². The fourth-order valence-corrected chi connectivity index (χ4v) is 5.00. The lowest BCUT2D eigenvalue weighted by atomic mass is 9.94. The number of para-hydroxylation sites is 2. The Bertz CT molecular complexity index is 793. The number of anilines is 1. The molecule has 0 saturated carbocycles. The Kier molecular flexibility index (Phi) is 6.85. The van der Waals surface area contributed by atoms with Crippen molar-refractivity contribution in [3.05, 3.63) is 46.7 Å². The minimum atomic E-state index is -0.383. The lowest BCUT2D eigenvalue weighted by molar-refractivity contribution is -0.933. The highest BCUT2D eigenvalue weighted by Crippen LogP contribution is 2.28. The summed E-state index contributed by atoms with van der Waals surface area (Å²) in [5.74, 6) is 1.04. The van der Waals surface area contributed by atoms with Crippen molar-refractivity contribution >= 4 is 22.9 Å². The van der Waals surface area contributed by atoms with E-state index in [0.717, 1.165) is 37.6 Å². The Morgan fingerprint density at radius 1 is 1.17 bits per heavy atom. The lowest BCUT2D eigenvalue weighted by Gasteiger charge is -2.40. The first-order valence-electron chi connectivity index (χ1n) is 10.4. The number of hydrogen-bond acceptors (Lipinski definition) is 4. The highest BCUT2D eigenvalue weighted by molar-refractivity contribution is 7.10. The third-order valence-electron chi connectivity index (χ3n) is 5.66. The van der Waals surface area contributed by atoms with Crippen LogP contribution in [0.5, 0.6) is 5.75 Å². The molecule has 1 aromatic heterocycles. The molecular formula is C23H34N3O2S+. The van der Waals surface area contributed by atoms with Gasteiger partial charge in [-0.05, 0) is 30.5 Å². The van der Waals surface area contributed by atoms with Gasteiger partial charge in [0.1, 0.15) is 11.8 Å². The molecule has 2 atom stereocenters. The summed E-state index contributed by atoms with van der Waals surface area (Å²) in [6, 6.07) is 12.9. The fraction of sp³-hybridized carbons (Fsp3) is 0.522. The Hall–Kier alpha value is -2.05. The molecule has 2 N–H and O–H groups in total. The average Bonchev–Trinajstić information content (AvgIpc) is 3.22. The number of carbonyl (C=O) groups excluding carboxylic acids is 1. The molecule has 3 rings (SSSR count). The van der Waals surface area contributed by atoms with Crippen molar-refractivity contribution in [1.29, 1.82) is 0 Å². The minimum absolute atomic E-state index is 0.0770. The van der Waals surface area contributed by atoms with Crippen molar-refractivity contribution in [2.24, 2.45) is 5.41 Å². The molecule has 2 aromatic rings. The van der Waals surface area contributed by atoms with Crippen LogP contribution in [0.3, 0.4) is 0 Å². The van der Waals surface area contributed by atoms with Gasteiger partial charge in [0.2, 0.25) is 5.91 Å². The molecule has 0 radical (unpaired) electrons. The van der Waals surface area contributed by atoms with E-state index in [9.17, 15) is 4.79 Å². The highest BCUT2D eigenvalue weighted by atomic mass is 32.1. The van der Waals surface area contributed by atoms with Crippen LogP contribution in [-0.2, 0) is 4.79 Å². The van der Waals surface area contributed by atoms with E-state index in [-0.39, 0.29) is 23.4 Å². The molecule has 0 unspecified atom stereocenters. The summed E-state index contributed by atoms with van der Waals surface area (Å²) in [7, 11) is 1.73. The quantitative estimate of drug-likeness (QED) is 0.761. The maximum absolute atomic E-state index is 12.6. The number of benzene rings is 1. The van der Waals surface area contributed by atoms with Gasteiger partial charge in [-0.1, -0.05) is 39.0 Å². The van der Waals surface area contributed by atoms with Crippen molar-refractivity contribution in [1.82, 2.24) is 5.32 Å². The molecule has 1 aromatic carbocycles. The molecule has 5 nitrogen and oxygen atoms in total. The number of ether oxygens (including phenoxy) is 1. The molecule has 1 amide bonds. The number of rotatable bonds is 6. The number of thiophene rings is 1. The third kappa shape index (κ3) is 5.11. The number of amides is 1. The Balaban J connectivity index is 1.73. The maximum atomic E-state index is 12.6. The van der Waals surface area contributed by atoms with Crippen molar-refractivity contribution < 1.29 is 14.4 Å². The zero-order valence-electron chi connectivity index (χ0n) is 18.2. The van der Waals surface area contributed by atoms with Gasteiger partial charge in [-0.25, -0.2) is 0 Å². The van der Waals surface area contributed by atoms with Crippen molar-refractivity contribution in [2.45, 2.75) is 39.8 Å². The summed E-state index contributed by atoms with van der Waals surface area (Å²) < 4.78 is 5.55. The van der Waals surface area contributed by atoms with Crippen molar-refractivity contribution in [3.63, 3.8) is 0 Å². The van der Waals surface area contributed by atoms with Crippen molar-refractivity contribution in [3.8, 4) is 5.75 Å². The first-order valence-corrected chi connectivity index (χ1v) is 11.3. The molecule has 29 heavy (non-hydrogen) atoms. The van der Waals surface area contributed by atoms with Crippen LogP contribution in [0, 0.1) is 5.41 Å². The van der Waals surface area contributed by atoms with Crippen LogP contribution in [0.25, 0.3) is 0 Å². The lowest BCUT2D eigenvalue weighted by Crippen LogP contribution is -3.16. The normalized spacial score (nSPS) is 17.6. The van der Waals surface area contributed by atoms with E-state index in [0.29, 0.717) is 0 Å². The van der Waals surface area contributed by atoms with Gasteiger partial charge in [-0.2, -0.15) is 0 Å². The minimum Gasteiger partial charge on any atom is -0.495 e. The number of piperazine rings is 1. The Morgan fingerprint density at radius 2 is 1.86 bits per heavy atom. The zero-order chi connectivity index (χ0) is 21.0. The number of nitrogens with one attached hydrogen (secondary N) is 2. The Labute approximate surface area is 178 Å². The van der Waals surface area contributed by atoms with Crippen LogP contribution in [0.1, 0.15) is 38.6 Å². The molecule has 1 aliphatic rings. The summed E-state index contributed by atoms with van der Waals surface area (Å²) in [5.41, 5.74) is 0.780. The number of methoxy groups -OCH3 is 1. The molecular weight excluding hydrogens is 382 g/mol. The molecule has 0 spiro atoms. The highest BCUT2D eigenvalue weighted by Gasteiger charge is 2.36. The van der Waals surface area contributed by atoms with Gasteiger partial charge >= 0.3 is 0 Å². The van der Waals surface area contributed by atoms with E-state index in [1.165, 1.54) is 9.78 Å². The molecule has 1 aliphatic heterocycles.